The third-order valence-electron chi connectivity index (χ3n) is 4.45. The van der Waals surface area contributed by atoms with Gasteiger partial charge in [-0.15, -0.1) is 0 Å². The molecule has 1 aliphatic heterocycles. The van der Waals surface area contributed by atoms with E-state index in [4.69, 9.17) is 4.74 Å². The molecule has 1 fully saturated rings. The van der Waals surface area contributed by atoms with Gasteiger partial charge in [0.05, 0.1) is 24.4 Å². The lowest BCUT2D eigenvalue weighted by atomic mass is 9.95. The van der Waals surface area contributed by atoms with Gasteiger partial charge in [-0.2, -0.15) is 0 Å². The van der Waals surface area contributed by atoms with Crippen LogP contribution in [0.1, 0.15) is 34.9 Å². The molecule has 0 aliphatic carbocycles. The Hall–Kier alpha value is -3.22. The van der Waals surface area contributed by atoms with Gasteiger partial charge in [-0.3, -0.25) is 9.78 Å². The molecule has 0 spiro atoms. The van der Waals surface area contributed by atoms with Crippen LogP contribution in [0.25, 0.3) is 0 Å². The lowest BCUT2D eigenvalue weighted by Crippen LogP contribution is -2.39. The number of aromatic amines is 1. The van der Waals surface area contributed by atoms with E-state index >= 15 is 0 Å². The number of ether oxygens (including phenoxy) is 1. The van der Waals surface area contributed by atoms with Crippen LogP contribution >= 0.6 is 0 Å². The number of amides is 1. The molecular weight excluding hydrogens is 330 g/mol. The highest BCUT2D eigenvalue weighted by molar-refractivity contribution is 5.92. The van der Waals surface area contributed by atoms with Gasteiger partial charge in [-0.1, -0.05) is 18.2 Å². The summed E-state index contributed by atoms with van der Waals surface area (Å²) in [6.07, 6.45) is 8.33. The number of aromatic nitrogens is 4. The normalized spacial score (nSPS) is 17.1. The zero-order valence-corrected chi connectivity index (χ0v) is 14.2. The van der Waals surface area contributed by atoms with Gasteiger partial charge in [0.25, 0.3) is 5.91 Å². The van der Waals surface area contributed by atoms with Crippen LogP contribution in [-0.2, 0) is 0 Å². The Labute approximate surface area is 151 Å². The summed E-state index contributed by atoms with van der Waals surface area (Å²) in [5.74, 6) is 1.30. The molecular formula is C19H19N5O2. The Morgan fingerprint density at radius 2 is 2.04 bits per heavy atom. The second-order valence-corrected chi connectivity index (χ2v) is 6.25. The van der Waals surface area contributed by atoms with Crippen LogP contribution in [0.15, 0.2) is 55.2 Å². The highest BCUT2D eigenvalue weighted by Crippen LogP contribution is 2.28. The second kappa shape index (κ2) is 7.35. The van der Waals surface area contributed by atoms with E-state index in [-0.39, 0.29) is 11.8 Å². The number of benzene rings is 1. The molecule has 4 rings (SSSR count). The van der Waals surface area contributed by atoms with Crippen molar-refractivity contribution in [2.75, 3.05) is 13.1 Å². The van der Waals surface area contributed by atoms with Gasteiger partial charge < -0.3 is 14.6 Å². The van der Waals surface area contributed by atoms with E-state index in [9.17, 15) is 4.79 Å². The highest BCUT2D eigenvalue weighted by Gasteiger charge is 2.27. The molecule has 1 atom stereocenters. The van der Waals surface area contributed by atoms with E-state index in [2.05, 4.69) is 19.9 Å². The van der Waals surface area contributed by atoms with Crippen LogP contribution in [0.2, 0.25) is 0 Å². The SMILES string of the molecule is O=C(c1cnc[nH]1)N1CCCC(c2cncc(Oc3ccccc3)n2)C1. The molecule has 1 N–H and O–H groups in total. The van der Waals surface area contributed by atoms with E-state index in [1.165, 1.54) is 6.33 Å². The van der Waals surface area contributed by atoms with Crippen LogP contribution in [0.4, 0.5) is 0 Å². The summed E-state index contributed by atoms with van der Waals surface area (Å²) in [4.78, 5) is 30.1. The molecule has 0 radical (unpaired) electrons. The monoisotopic (exact) mass is 349 g/mol. The molecule has 1 aromatic carbocycles. The molecule has 3 heterocycles. The number of likely N-dealkylation sites (tertiary alicyclic amines) is 1. The summed E-state index contributed by atoms with van der Waals surface area (Å²) in [6.45, 7) is 1.35. The number of rotatable bonds is 4. The average Bonchev–Trinajstić information content (AvgIpc) is 3.23. The summed E-state index contributed by atoms with van der Waals surface area (Å²) in [5.41, 5.74) is 1.36. The van der Waals surface area contributed by atoms with Crippen molar-refractivity contribution in [2.45, 2.75) is 18.8 Å². The second-order valence-electron chi connectivity index (χ2n) is 6.25. The van der Waals surface area contributed by atoms with Gasteiger partial charge in [0.2, 0.25) is 5.88 Å². The first-order valence-corrected chi connectivity index (χ1v) is 8.62. The number of H-pyrrole nitrogens is 1. The third-order valence-corrected chi connectivity index (χ3v) is 4.45. The Morgan fingerprint density at radius 3 is 2.85 bits per heavy atom. The first-order chi connectivity index (χ1) is 12.8. The lowest BCUT2D eigenvalue weighted by molar-refractivity contribution is 0.0700. The summed E-state index contributed by atoms with van der Waals surface area (Å²) < 4.78 is 5.78. The maximum absolute atomic E-state index is 12.5. The van der Waals surface area contributed by atoms with Gasteiger partial charge in [-0.05, 0) is 25.0 Å². The third kappa shape index (κ3) is 3.56. The van der Waals surface area contributed by atoms with E-state index in [1.807, 2.05) is 35.2 Å². The van der Waals surface area contributed by atoms with Crippen molar-refractivity contribution >= 4 is 5.91 Å². The average molecular weight is 349 g/mol. The van der Waals surface area contributed by atoms with Crippen molar-refractivity contribution in [2.24, 2.45) is 0 Å². The molecule has 2 aromatic heterocycles. The number of imidazole rings is 1. The number of hydrogen-bond acceptors (Lipinski definition) is 5. The Kier molecular flexibility index (Phi) is 4.59. The summed E-state index contributed by atoms with van der Waals surface area (Å²) >= 11 is 0. The van der Waals surface area contributed by atoms with Crippen LogP contribution in [0.5, 0.6) is 11.6 Å². The number of nitrogens with zero attached hydrogens (tertiary/aromatic N) is 4. The Bertz CT molecular complexity index is 867. The summed E-state index contributed by atoms with van der Waals surface area (Å²) in [5, 5.41) is 0. The molecule has 1 aliphatic rings. The van der Waals surface area contributed by atoms with Gasteiger partial charge in [0.15, 0.2) is 0 Å². The minimum Gasteiger partial charge on any atom is -0.437 e. The molecule has 1 unspecified atom stereocenters. The molecule has 7 heteroatoms. The van der Waals surface area contributed by atoms with Crippen LogP contribution in [0.3, 0.4) is 0 Å². The number of piperidine rings is 1. The van der Waals surface area contributed by atoms with E-state index < -0.39 is 0 Å². The van der Waals surface area contributed by atoms with Crippen LogP contribution in [-0.4, -0.2) is 43.8 Å². The Balaban J connectivity index is 1.48. The molecule has 1 amide bonds. The fourth-order valence-electron chi connectivity index (χ4n) is 3.16. The van der Waals surface area contributed by atoms with Gasteiger partial charge in [0.1, 0.15) is 11.4 Å². The van der Waals surface area contributed by atoms with E-state index in [1.54, 1.807) is 18.6 Å². The largest absolute Gasteiger partial charge is 0.437 e. The molecule has 7 nitrogen and oxygen atoms in total. The van der Waals surface area contributed by atoms with E-state index in [0.717, 1.165) is 30.8 Å². The summed E-state index contributed by atoms with van der Waals surface area (Å²) in [7, 11) is 0. The first-order valence-electron chi connectivity index (χ1n) is 8.62. The zero-order chi connectivity index (χ0) is 17.8. The first kappa shape index (κ1) is 16.3. The number of para-hydroxylation sites is 1. The number of carbonyl (C=O) groups is 1. The number of carbonyl (C=O) groups excluding carboxylic acids is 1. The van der Waals surface area contributed by atoms with Crippen molar-refractivity contribution < 1.29 is 9.53 Å². The molecule has 132 valence electrons. The predicted octanol–water partition coefficient (Wildman–Crippen LogP) is 3.01. The molecule has 26 heavy (non-hydrogen) atoms. The Morgan fingerprint density at radius 1 is 1.15 bits per heavy atom. The zero-order valence-electron chi connectivity index (χ0n) is 14.2. The summed E-state index contributed by atoms with van der Waals surface area (Å²) in [6, 6.07) is 9.50. The highest BCUT2D eigenvalue weighted by atomic mass is 16.5. The number of hydrogen-bond donors (Lipinski definition) is 1. The van der Waals surface area contributed by atoms with Crippen molar-refractivity contribution in [3.8, 4) is 11.6 Å². The maximum Gasteiger partial charge on any atom is 0.271 e. The smallest absolute Gasteiger partial charge is 0.271 e. The quantitative estimate of drug-likeness (QED) is 0.783. The van der Waals surface area contributed by atoms with Crippen LogP contribution < -0.4 is 4.74 Å². The van der Waals surface area contributed by atoms with Crippen molar-refractivity contribution in [3.05, 3.63) is 66.6 Å². The standard InChI is InChI=1S/C19H19N5O2/c25-19(17-10-21-13-22-17)24-8-4-5-14(12-24)16-9-20-11-18(23-16)26-15-6-2-1-3-7-15/h1-3,6-7,9-11,13-14H,4-5,8,12H2,(H,21,22). The minimum absolute atomic E-state index is 0.0307. The fraction of sp³-hybridized carbons (Fsp3) is 0.263. The number of nitrogens with one attached hydrogen (secondary N) is 1. The van der Waals surface area contributed by atoms with Crippen molar-refractivity contribution in [1.29, 1.82) is 0 Å². The molecule has 0 saturated carbocycles. The molecule has 3 aromatic rings. The van der Waals surface area contributed by atoms with Crippen LogP contribution in [0, 0.1) is 0 Å². The molecule has 1 saturated heterocycles. The van der Waals surface area contributed by atoms with Gasteiger partial charge >= 0.3 is 0 Å². The van der Waals surface area contributed by atoms with Crippen molar-refractivity contribution in [1.82, 2.24) is 24.8 Å². The van der Waals surface area contributed by atoms with E-state index in [0.29, 0.717) is 18.1 Å². The predicted molar refractivity (Wildman–Crippen MR) is 95.0 cm³/mol. The van der Waals surface area contributed by atoms with Crippen molar-refractivity contribution in [3.63, 3.8) is 0 Å². The minimum atomic E-state index is -0.0307. The fourth-order valence-corrected chi connectivity index (χ4v) is 3.16. The molecule has 0 bridgehead atoms. The van der Waals surface area contributed by atoms with Gasteiger partial charge in [0, 0.05) is 25.2 Å². The topological polar surface area (TPSA) is 84.0 Å². The lowest BCUT2D eigenvalue weighted by Gasteiger charge is -2.32. The van der Waals surface area contributed by atoms with Gasteiger partial charge in [-0.25, -0.2) is 9.97 Å². The maximum atomic E-state index is 12.5.